The van der Waals surface area contributed by atoms with Gasteiger partial charge in [0.1, 0.15) is 5.65 Å². The largest absolute Gasteiger partial charge is 0.336 e. The van der Waals surface area contributed by atoms with Crippen molar-refractivity contribution in [2.45, 2.75) is 27.3 Å². The van der Waals surface area contributed by atoms with Crippen LogP contribution in [0.4, 0.5) is 5.69 Å². The van der Waals surface area contributed by atoms with Crippen LogP contribution in [0.3, 0.4) is 0 Å². The molecule has 0 radical (unpaired) electrons. The Labute approximate surface area is 186 Å². The first-order valence-corrected chi connectivity index (χ1v) is 10.8. The van der Waals surface area contributed by atoms with E-state index in [0.29, 0.717) is 17.7 Å². The normalized spacial score (nSPS) is 12.0. The van der Waals surface area contributed by atoms with Gasteiger partial charge in [0, 0.05) is 12.1 Å². The molecule has 3 aromatic rings. The maximum absolute atomic E-state index is 13.7. The van der Waals surface area contributed by atoms with Crippen molar-refractivity contribution in [3.8, 4) is 16.9 Å². The molecule has 0 atom stereocenters. The zero-order chi connectivity index (χ0) is 22.2. The minimum absolute atomic E-state index is 0.151. The second kappa shape index (κ2) is 7.93. The van der Waals surface area contributed by atoms with E-state index in [-0.39, 0.29) is 5.69 Å². The van der Waals surface area contributed by atoms with E-state index in [2.05, 4.69) is 0 Å². The molecule has 1 aliphatic carbocycles. The summed E-state index contributed by atoms with van der Waals surface area (Å²) in [6.45, 7) is 6.57. The summed E-state index contributed by atoms with van der Waals surface area (Å²) in [5.74, 6) is 0. The molecule has 0 amide bonds. The highest BCUT2D eigenvalue weighted by Crippen LogP contribution is 2.28. The quantitative estimate of drug-likeness (QED) is 0.405. The summed E-state index contributed by atoms with van der Waals surface area (Å²) in [6, 6.07) is 25.9. The molecule has 2 aliphatic rings. The van der Waals surface area contributed by atoms with Crippen molar-refractivity contribution in [2.75, 3.05) is 0 Å². The summed E-state index contributed by atoms with van der Waals surface area (Å²) in [4.78, 5) is 23.6. The molecule has 2 aromatic carbocycles. The number of aryl methyl sites for hydroxylation is 3. The Balaban J connectivity index is 2.01. The zero-order valence-electron chi connectivity index (χ0n) is 18.4. The Hall–Kier alpha value is -3.99. The highest BCUT2D eigenvalue weighted by molar-refractivity contribution is 5.94. The summed E-state index contributed by atoms with van der Waals surface area (Å²) in [5, 5.41) is 0.874. The number of fused-ring (bicyclic) bond motifs is 3. The molecule has 0 saturated heterocycles. The Morgan fingerprint density at radius 2 is 1.50 bits per heavy atom. The van der Waals surface area contributed by atoms with Gasteiger partial charge in [0.2, 0.25) is 0 Å². The molecule has 0 spiro atoms. The maximum Gasteiger partial charge on any atom is 0.336 e. The number of benzene rings is 2. The summed E-state index contributed by atoms with van der Waals surface area (Å²) in [7, 11) is 0. The lowest BCUT2D eigenvalue weighted by atomic mass is 10.1. The molecule has 32 heavy (non-hydrogen) atoms. The van der Waals surface area contributed by atoms with Gasteiger partial charge in [-0.05, 0) is 51.1 Å². The van der Waals surface area contributed by atoms with Gasteiger partial charge >= 0.3 is 5.69 Å². The first-order valence-electron chi connectivity index (χ1n) is 10.8. The van der Waals surface area contributed by atoms with E-state index >= 15 is 0 Å². The predicted octanol–water partition coefficient (Wildman–Crippen LogP) is 5.16. The molecule has 5 rings (SSSR count). The third-order valence-electron chi connectivity index (χ3n) is 5.73. The number of nitrogens with zero attached hydrogens (tertiary/aromatic N) is 4. The van der Waals surface area contributed by atoms with Gasteiger partial charge in [0.25, 0.3) is 0 Å². The molecule has 2 heterocycles. The van der Waals surface area contributed by atoms with Crippen LogP contribution in [0, 0.1) is 13.8 Å². The third-order valence-corrected chi connectivity index (χ3v) is 5.73. The predicted molar refractivity (Wildman–Crippen MR) is 129 cm³/mol. The summed E-state index contributed by atoms with van der Waals surface area (Å²) < 4.78 is 3.43. The van der Waals surface area contributed by atoms with E-state index < -0.39 is 0 Å². The van der Waals surface area contributed by atoms with Crippen LogP contribution in [0.15, 0.2) is 88.6 Å². The highest BCUT2D eigenvalue weighted by Gasteiger charge is 2.20. The van der Waals surface area contributed by atoms with E-state index in [9.17, 15) is 4.79 Å². The summed E-state index contributed by atoms with van der Waals surface area (Å²) >= 11 is 0. The number of hydrogen-bond acceptors (Lipinski definition) is 3. The molecule has 0 bridgehead atoms. The van der Waals surface area contributed by atoms with E-state index in [0.717, 1.165) is 39.1 Å². The number of hydrogen-bond donors (Lipinski definition) is 0. The van der Waals surface area contributed by atoms with Crippen LogP contribution in [-0.2, 0) is 6.54 Å². The molecule has 0 unspecified atom stereocenters. The van der Waals surface area contributed by atoms with Gasteiger partial charge in [-0.1, -0.05) is 59.7 Å². The van der Waals surface area contributed by atoms with Gasteiger partial charge < -0.3 is 0 Å². The van der Waals surface area contributed by atoms with Gasteiger partial charge in [-0.25, -0.2) is 19.3 Å². The average Bonchev–Trinajstić information content (AvgIpc) is 2.98. The fraction of sp³-hybridized carbons (Fsp3) is 0.148. The molecular formula is C27H24N4O. The van der Waals surface area contributed by atoms with E-state index in [1.807, 2.05) is 99.6 Å². The lowest BCUT2D eigenvalue weighted by molar-refractivity contribution is 0.682. The van der Waals surface area contributed by atoms with Crippen molar-refractivity contribution in [3.63, 3.8) is 0 Å². The molecule has 5 nitrogen and oxygen atoms in total. The van der Waals surface area contributed by atoms with Crippen molar-refractivity contribution in [2.24, 2.45) is 4.99 Å². The van der Waals surface area contributed by atoms with Crippen molar-refractivity contribution >= 4 is 16.7 Å². The van der Waals surface area contributed by atoms with Crippen molar-refractivity contribution < 1.29 is 0 Å². The Morgan fingerprint density at radius 3 is 2.19 bits per heavy atom. The summed E-state index contributed by atoms with van der Waals surface area (Å²) in [6.07, 6.45) is 0. The minimum Gasteiger partial charge on any atom is -0.277 e. The van der Waals surface area contributed by atoms with Crippen LogP contribution in [0.5, 0.6) is 0 Å². The standard InChI is InChI=1S/C27H24N4O/c1-4-30-25-24(22-8-6-5-7-9-23(22)29-25)26(28-20-14-10-18(2)11-15-20)31(27(30)32)21-16-12-19(3)13-17-21/h5-17H,4H2,1-3H3. The van der Waals surface area contributed by atoms with E-state index in [4.69, 9.17) is 9.98 Å². The van der Waals surface area contributed by atoms with Crippen molar-refractivity contribution in [3.05, 3.63) is 106 Å². The molecule has 0 N–H and O–H groups in total. The van der Waals surface area contributed by atoms with Crippen molar-refractivity contribution in [1.29, 1.82) is 0 Å². The number of rotatable bonds is 3. The monoisotopic (exact) mass is 420 g/mol. The van der Waals surface area contributed by atoms with Gasteiger partial charge in [0.15, 0.2) is 5.49 Å². The maximum atomic E-state index is 13.7. The van der Waals surface area contributed by atoms with Crippen LogP contribution in [0.1, 0.15) is 18.1 Å². The Bertz CT molecular complexity index is 1520. The topological polar surface area (TPSA) is 52.2 Å². The average molecular weight is 421 g/mol. The highest BCUT2D eigenvalue weighted by atomic mass is 16.1. The molecule has 1 aliphatic heterocycles. The second-order valence-electron chi connectivity index (χ2n) is 7.99. The smallest absolute Gasteiger partial charge is 0.277 e. The fourth-order valence-corrected chi connectivity index (χ4v) is 4.03. The lowest BCUT2D eigenvalue weighted by Crippen LogP contribution is -2.39. The molecule has 1 aromatic heterocycles. The SMILES string of the molecule is CCn1c(=O)n(-c2ccc(C)cc2)c(=Nc2ccc(C)cc2)c2c3cccccc-3nc21. The van der Waals surface area contributed by atoms with E-state index in [1.54, 1.807) is 9.13 Å². The van der Waals surface area contributed by atoms with Crippen LogP contribution in [0.2, 0.25) is 0 Å². The third kappa shape index (κ3) is 3.32. The van der Waals surface area contributed by atoms with Crippen molar-refractivity contribution in [1.82, 2.24) is 14.1 Å². The van der Waals surface area contributed by atoms with Crippen LogP contribution < -0.4 is 11.2 Å². The first kappa shape index (κ1) is 19.9. The van der Waals surface area contributed by atoms with E-state index in [1.165, 1.54) is 0 Å². The lowest BCUT2D eigenvalue weighted by Gasteiger charge is -2.13. The molecule has 158 valence electrons. The second-order valence-corrected chi connectivity index (χ2v) is 7.99. The fourth-order valence-electron chi connectivity index (χ4n) is 4.03. The Morgan fingerprint density at radius 1 is 0.844 bits per heavy atom. The first-order chi connectivity index (χ1) is 15.6. The summed E-state index contributed by atoms with van der Waals surface area (Å²) in [5.41, 5.74) is 6.79. The van der Waals surface area contributed by atoms with Crippen LogP contribution >= 0.6 is 0 Å². The molecule has 0 fully saturated rings. The minimum atomic E-state index is -0.151. The zero-order valence-corrected chi connectivity index (χ0v) is 18.4. The van der Waals surface area contributed by atoms with Gasteiger partial charge in [-0.3, -0.25) is 4.57 Å². The van der Waals surface area contributed by atoms with Gasteiger partial charge in [0.05, 0.1) is 22.5 Å². The van der Waals surface area contributed by atoms with Gasteiger partial charge in [-0.2, -0.15) is 0 Å². The van der Waals surface area contributed by atoms with Crippen LogP contribution in [-0.4, -0.2) is 14.1 Å². The van der Waals surface area contributed by atoms with Crippen LogP contribution in [0.25, 0.3) is 28.0 Å². The van der Waals surface area contributed by atoms with Gasteiger partial charge in [-0.15, -0.1) is 0 Å². The molecule has 5 heteroatoms. The number of aromatic nitrogens is 3. The molecule has 0 saturated carbocycles. The molecular weight excluding hydrogens is 396 g/mol. The Kier molecular flexibility index (Phi) is 4.94.